The van der Waals surface area contributed by atoms with Gasteiger partial charge in [0.2, 0.25) is 0 Å². The Morgan fingerprint density at radius 2 is 1.66 bits per heavy atom. The number of nitrogens with zero attached hydrogens (tertiary/aromatic N) is 4. The quantitative estimate of drug-likeness (QED) is 0.257. The Kier molecular flexibility index (Phi) is 9.84. The summed E-state index contributed by atoms with van der Waals surface area (Å²) in [5.41, 5.74) is 5.09. The lowest BCUT2D eigenvalue weighted by molar-refractivity contribution is 0.0741. The van der Waals surface area contributed by atoms with Crippen LogP contribution in [0.2, 0.25) is 0 Å². The third-order valence-corrected chi connectivity index (χ3v) is 7.69. The number of rotatable bonds is 13. The highest BCUT2D eigenvalue weighted by molar-refractivity contribution is 5.95. The number of ether oxygens (including phenoxy) is 1. The van der Waals surface area contributed by atoms with Gasteiger partial charge in [-0.15, -0.1) is 0 Å². The lowest BCUT2D eigenvalue weighted by Crippen LogP contribution is -2.34. The third-order valence-electron chi connectivity index (χ3n) is 7.69. The average molecular weight is 519 g/mol. The molecule has 1 fully saturated rings. The molecule has 1 amide bonds. The molecule has 38 heavy (non-hydrogen) atoms. The van der Waals surface area contributed by atoms with Crippen molar-refractivity contribution in [1.82, 2.24) is 19.4 Å². The molecule has 206 valence electrons. The second-order valence-electron chi connectivity index (χ2n) is 11.6. The van der Waals surface area contributed by atoms with Crippen LogP contribution in [0.3, 0.4) is 0 Å². The van der Waals surface area contributed by atoms with Crippen LogP contribution in [0.4, 0.5) is 0 Å². The van der Waals surface area contributed by atoms with E-state index in [0.717, 1.165) is 73.4 Å². The topological polar surface area (TPSA) is 50.1 Å². The molecule has 0 N–H and O–H groups in total. The Morgan fingerprint density at radius 3 is 2.26 bits per heavy atom. The van der Waals surface area contributed by atoms with Crippen LogP contribution in [0.15, 0.2) is 42.6 Å². The summed E-state index contributed by atoms with van der Waals surface area (Å²) in [6.07, 6.45) is 8.63. The van der Waals surface area contributed by atoms with Gasteiger partial charge < -0.3 is 14.5 Å². The minimum Gasteiger partial charge on any atom is -0.497 e. The van der Waals surface area contributed by atoms with E-state index < -0.39 is 0 Å². The lowest BCUT2D eigenvalue weighted by Gasteiger charge is -2.24. The molecule has 3 heterocycles. The summed E-state index contributed by atoms with van der Waals surface area (Å²) in [5.74, 6) is 2.10. The van der Waals surface area contributed by atoms with E-state index in [-0.39, 0.29) is 5.91 Å². The first kappa shape index (κ1) is 28.2. The largest absolute Gasteiger partial charge is 0.497 e. The zero-order valence-electron chi connectivity index (χ0n) is 24.1. The number of carbonyl (C=O) groups excluding carboxylic acids is 1. The van der Waals surface area contributed by atoms with Crippen molar-refractivity contribution in [2.75, 3.05) is 39.8 Å². The molecule has 0 saturated carbocycles. The molecule has 0 radical (unpaired) electrons. The van der Waals surface area contributed by atoms with E-state index in [0.29, 0.717) is 11.8 Å². The van der Waals surface area contributed by atoms with Gasteiger partial charge in [-0.1, -0.05) is 27.7 Å². The number of fused-ring (bicyclic) bond motifs is 1. The van der Waals surface area contributed by atoms with Crippen molar-refractivity contribution in [2.24, 2.45) is 11.8 Å². The minimum atomic E-state index is 0.129. The van der Waals surface area contributed by atoms with Crippen molar-refractivity contribution < 1.29 is 9.53 Å². The average Bonchev–Trinajstić information content (AvgIpc) is 3.56. The number of aryl methyl sites for hydroxylation is 1. The van der Waals surface area contributed by atoms with Crippen LogP contribution in [0.25, 0.3) is 16.8 Å². The number of carbonyl (C=O) groups is 1. The summed E-state index contributed by atoms with van der Waals surface area (Å²) in [7, 11) is 1.69. The highest BCUT2D eigenvalue weighted by Gasteiger charge is 2.21. The lowest BCUT2D eigenvalue weighted by atomic mass is 10.0. The molecule has 0 unspecified atom stereocenters. The van der Waals surface area contributed by atoms with Crippen molar-refractivity contribution in [2.45, 2.75) is 66.2 Å². The molecule has 0 spiro atoms. The zero-order valence-corrected chi connectivity index (χ0v) is 24.1. The molecule has 6 heteroatoms. The summed E-state index contributed by atoms with van der Waals surface area (Å²) >= 11 is 0. The van der Waals surface area contributed by atoms with Gasteiger partial charge in [-0.05, 0) is 106 Å². The smallest absolute Gasteiger partial charge is 0.253 e. The molecule has 1 saturated heterocycles. The van der Waals surface area contributed by atoms with E-state index in [1.165, 1.54) is 31.5 Å². The Balaban J connectivity index is 1.65. The molecule has 4 rings (SSSR count). The number of methoxy groups -OCH3 is 1. The molecule has 1 aliphatic heterocycles. The molecular weight excluding hydrogens is 472 g/mol. The number of likely N-dealkylation sites (tertiary alicyclic amines) is 1. The molecule has 6 nitrogen and oxygen atoms in total. The molecular formula is C32H46N4O2. The minimum absolute atomic E-state index is 0.129. The number of hydrogen-bond donors (Lipinski definition) is 0. The van der Waals surface area contributed by atoms with E-state index in [9.17, 15) is 4.79 Å². The van der Waals surface area contributed by atoms with Gasteiger partial charge in [-0.3, -0.25) is 4.79 Å². The SMILES string of the molecule is COc1ccc(-c2nn3ccc(C(=O)N(CCC(C)C)CCC(C)C)cc3c2CCCN2CCCC2)cc1. The maximum Gasteiger partial charge on any atom is 0.253 e. The van der Waals surface area contributed by atoms with Crippen LogP contribution >= 0.6 is 0 Å². The standard InChI is InChI=1S/C32H46N4O2/c1-24(2)14-20-35(21-15-25(3)4)32(37)27-16-22-36-30(23-27)29(9-8-19-34-17-6-7-18-34)31(33-36)26-10-12-28(38-5)13-11-26/h10-13,16,22-25H,6-9,14-15,17-21H2,1-5H3. The van der Waals surface area contributed by atoms with Gasteiger partial charge in [0.25, 0.3) is 5.91 Å². The monoisotopic (exact) mass is 518 g/mol. The maximum atomic E-state index is 13.7. The molecule has 2 aromatic heterocycles. The fourth-order valence-electron chi connectivity index (χ4n) is 5.27. The van der Waals surface area contributed by atoms with Crippen LogP contribution in [0, 0.1) is 11.8 Å². The summed E-state index contributed by atoms with van der Waals surface area (Å²) in [5, 5.41) is 4.99. The van der Waals surface area contributed by atoms with Crippen LogP contribution in [0.1, 0.15) is 75.7 Å². The zero-order chi connectivity index (χ0) is 27.1. The summed E-state index contributed by atoms with van der Waals surface area (Å²) in [4.78, 5) is 18.4. The Hall–Kier alpha value is -2.86. The van der Waals surface area contributed by atoms with Gasteiger partial charge in [0, 0.05) is 36.0 Å². The van der Waals surface area contributed by atoms with E-state index in [1.54, 1.807) is 7.11 Å². The number of pyridine rings is 1. The second kappa shape index (κ2) is 13.3. The fourth-order valence-corrected chi connectivity index (χ4v) is 5.27. The van der Waals surface area contributed by atoms with Gasteiger partial charge in [-0.2, -0.15) is 5.10 Å². The number of aromatic nitrogens is 2. The highest BCUT2D eigenvalue weighted by atomic mass is 16.5. The number of hydrogen-bond acceptors (Lipinski definition) is 4. The highest BCUT2D eigenvalue weighted by Crippen LogP contribution is 2.30. The fraction of sp³-hybridized carbons (Fsp3) is 0.562. The van der Waals surface area contributed by atoms with E-state index in [2.05, 4.69) is 55.7 Å². The van der Waals surface area contributed by atoms with Gasteiger partial charge in [0.15, 0.2) is 0 Å². The Labute approximate surface area is 229 Å². The maximum absolute atomic E-state index is 13.7. The van der Waals surface area contributed by atoms with Gasteiger partial charge in [0.1, 0.15) is 5.75 Å². The number of benzene rings is 1. The van der Waals surface area contributed by atoms with Crippen molar-refractivity contribution in [1.29, 1.82) is 0 Å². The molecule has 1 aliphatic rings. The first-order chi connectivity index (χ1) is 18.4. The Morgan fingerprint density at radius 1 is 1.00 bits per heavy atom. The number of amides is 1. The molecule has 1 aromatic carbocycles. The van der Waals surface area contributed by atoms with Gasteiger partial charge >= 0.3 is 0 Å². The van der Waals surface area contributed by atoms with E-state index in [4.69, 9.17) is 9.84 Å². The predicted octanol–water partition coefficient (Wildman–Crippen LogP) is 6.57. The normalized spacial score (nSPS) is 14.2. The summed E-state index contributed by atoms with van der Waals surface area (Å²) in [6.45, 7) is 14.0. The first-order valence-corrected chi connectivity index (χ1v) is 14.5. The molecule has 3 aromatic rings. The van der Waals surface area contributed by atoms with Gasteiger partial charge in [-0.25, -0.2) is 4.52 Å². The third kappa shape index (κ3) is 7.16. The summed E-state index contributed by atoms with van der Waals surface area (Å²) < 4.78 is 7.33. The van der Waals surface area contributed by atoms with Crippen LogP contribution in [-0.2, 0) is 6.42 Å². The van der Waals surface area contributed by atoms with Gasteiger partial charge in [0.05, 0.1) is 18.3 Å². The molecule has 0 bridgehead atoms. The van der Waals surface area contributed by atoms with Crippen LogP contribution in [-0.4, -0.2) is 65.2 Å². The van der Waals surface area contributed by atoms with Crippen molar-refractivity contribution in [3.05, 3.63) is 53.7 Å². The second-order valence-corrected chi connectivity index (χ2v) is 11.6. The Bertz CT molecular complexity index is 1160. The van der Waals surface area contributed by atoms with Crippen molar-refractivity contribution >= 4 is 11.4 Å². The predicted molar refractivity (Wildman–Crippen MR) is 156 cm³/mol. The van der Waals surface area contributed by atoms with E-state index in [1.807, 2.05) is 28.9 Å². The van der Waals surface area contributed by atoms with Crippen LogP contribution < -0.4 is 4.74 Å². The van der Waals surface area contributed by atoms with Crippen molar-refractivity contribution in [3.63, 3.8) is 0 Å². The van der Waals surface area contributed by atoms with Crippen molar-refractivity contribution in [3.8, 4) is 17.0 Å². The summed E-state index contributed by atoms with van der Waals surface area (Å²) in [6, 6.07) is 12.1. The molecule has 0 atom stereocenters. The first-order valence-electron chi connectivity index (χ1n) is 14.5. The molecule has 0 aliphatic carbocycles. The van der Waals surface area contributed by atoms with E-state index >= 15 is 0 Å². The van der Waals surface area contributed by atoms with Crippen LogP contribution in [0.5, 0.6) is 5.75 Å².